The van der Waals surface area contributed by atoms with Gasteiger partial charge in [0.2, 0.25) is 5.91 Å². The molecule has 0 heterocycles. The molecule has 15 heavy (non-hydrogen) atoms. The Morgan fingerprint density at radius 2 is 2.13 bits per heavy atom. The highest BCUT2D eigenvalue weighted by Crippen LogP contribution is 2.13. The lowest BCUT2D eigenvalue weighted by molar-refractivity contribution is -0.119. The summed E-state index contributed by atoms with van der Waals surface area (Å²) in [6.07, 6.45) is 0. The third kappa shape index (κ3) is 3.32. The summed E-state index contributed by atoms with van der Waals surface area (Å²) in [5, 5.41) is 2.98. The number of primary amides is 1. The summed E-state index contributed by atoms with van der Waals surface area (Å²) in [6, 6.07) is 5.72. The maximum absolute atomic E-state index is 12.9. The van der Waals surface area contributed by atoms with Gasteiger partial charge in [-0.15, -0.1) is 0 Å². The van der Waals surface area contributed by atoms with Crippen molar-refractivity contribution >= 4 is 5.91 Å². The van der Waals surface area contributed by atoms with E-state index in [0.717, 1.165) is 5.56 Å². The number of carbonyl (C=O) groups excluding carboxylic acids is 1. The minimum absolute atomic E-state index is 0.108. The van der Waals surface area contributed by atoms with Crippen molar-refractivity contribution in [2.45, 2.75) is 25.9 Å². The van der Waals surface area contributed by atoms with Crippen LogP contribution in [0.25, 0.3) is 0 Å². The molecule has 0 saturated heterocycles. The zero-order valence-electron chi connectivity index (χ0n) is 8.83. The molecule has 1 amide bonds. The number of carbonyl (C=O) groups is 1. The summed E-state index contributed by atoms with van der Waals surface area (Å²) in [4.78, 5) is 10.8. The van der Waals surface area contributed by atoms with Gasteiger partial charge in [0, 0.05) is 6.04 Å². The highest BCUT2D eigenvalue weighted by Gasteiger charge is 2.13. The van der Waals surface area contributed by atoms with Crippen molar-refractivity contribution in [2.24, 2.45) is 5.73 Å². The molecule has 0 radical (unpaired) electrons. The first-order valence-corrected chi connectivity index (χ1v) is 4.81. The molecule has 0 spiro atoms. The van der Waals surface area contributed by atoms with Gasteiger partial charge in [0.05, 0.1) is 6.04 Å². The zero-order chi connectivity index (χ0) is 11.4. The summed E-state index contributed by atoms with van der Waals surface area (Å²) in [5.74, 6) is -0.703. The standard InChI is InChI=1S/C11H15FN2O/c1-7(14-8(2)11(13)15)9-4-3-5-10(12)6-9/h3-8,14H,1-2H3,(H2,13,15)/t7-,8-/m0/s1. The predicted molar refractivity (Wildman–Crippen MR) is 56.6 cm³/mol. The quantitative estimate of drug-likeness (QED) is 0.788. The summed E-state index contributed by atoms with van der Waals surface area (Å²) in [7, 11) is 0. The minimum Gasteiger partial charge on any atom is -0.368 e. The number of halogens is 1. The number of amides is 1. The molecule has 1 aromatic rings. The Bertz CT molecular complexity index is 354. The first kappa shape index (κ1) is 11.7. The van der Waals surface area contributed by atoms with E-state index in [1.807, 2.05) is 6.92 Å². The van der Waals surface area contributed by atoms with Crippen LogP contribution in [0.3, 0.4) is 0 Å². The first-order chi connectivity index (χ1) is 7.00. The van der Waals surface area contributed by atoms with Crippen molar-refractivity contribution in [3.8, 4) is 0 Å². The lowest BCUT2D eigenvalue weighted by Crippen LogP contribution is -2.40. The average Bonchev–Trinajstić information content (AvgIpc) is 2.17. The van der Waals surface area contributed by atoms with Gasteiger partial charge in [-0.1, -0.05) is 12.1 Å². The van der Waals surface area contributed by atoms with Crippen LogP contribution in [0.4, 0.5) is 4.39 Å². The van der Waals surface area contributed by atoms with Gasteiger partial charge < -0.3 is 5.73 Å². The number of rotatable bonds is 4. The molecule has 1 aromatic carbocycles. The van der Waals surface area contributed by atoms with E-state index in [1.54, 1.807) is 19.1 Å². The van der Waals surface area contributed by atoms with E-state index in [4.69, 9.17) is 5.73 Å². The largest absolute Gasteiger partial charge is 0.368 e. The van der Waals surface area contributed by atoms with E-state index in [2.05, 4.69) is 5.32 Å². The second-order valence-corrected chi connectivity index (χ2v) is 3.57. The summed E-state index contributed by atoms with van der Waals surface area (Å²) in [6.45, 7) is 3.53. The number of hydrogen-bond donors (Lipinski definition) is 2. The molecule has 2 atom stereocenters. The monoisotopic (exact) mass is 210 g/mol. The summed E-state index contributed by atoms with van der Waals surface area (Å²) in [5.41, 5.74) is 5.91. The lowest BCUT2D eigenvalue weighted by Gasteiger charge is -2.17. The Labute approximate surface area is 88.5 Å². The Kier molecular flexibility index (Phi) is 3.80. The molecule has 0 aliphatic rings. The van der Waals surface area contributed by atoms with Crippen LogP contribution in [0.1, 0.15) is 25.5 Å². The summed E-state index contributed by atoms with van der Waals surface area (Å²) < 4.78 is 12.9. The van der Waals surface area contributed by atoms with Crippen molar-refractivity contribution in [1.29, 1.82) is 0 Å². The van der Waals surface area contributed by atoms with Crippen LogP contribution in [-0.4, -0.2) is 11.9 Å². The molecule has 3 nitrogen and oxygen atoms in total. The van der Waals surface area contributed by atoms with Gasteiger partial charge in [-0.3, -0.25) is 10.1 Å². The van der Waals surface area contributed by atoms with Gasteiger partial charge in [0.25, 0.3) is 0 Å². The Balaban J connectivity index is 2.68. The van der Waals surface area contributed by atoms with E-state index in [9.17, 15) is 9.18 Å². The van der Waals surface area contributed by atoms with Crippen molar-refractivity contribution < 1.29 is 9.18 Å². The molecule has 0 aliphatic carbocycles. The third-order valence-corrected chi connectivity index (χ3v) is 2.28. The van der Waals surface area contributed by atoms with Crippen LogP contribution in [0.2, 0.25) is 0 Å². The van der Waals surface area contributed by atoms with Gasteiger partial charge in [0.1, 0.15) is 5.82 Å². The maximum Gasteiger partial charge on any atom is 0.234 e. The average molecular weight is 210 g/mol. The molecule has 4 heteroatoms. The van der Waals surface area contributed by atoms with Gasteiger partial charge in [-0.05, 0) is 31.5 Å². The fourth-order valence-electron chi connectivity index (χ4n) is 1.33. The Morgan fingerprint density at radius 1 is 1.47 bits per heavy atom. The van der Waals surface area contributed by atoms with Crippen LogP contribution < -0.4 is 11.1 Å². The van der Waals surface area contributed by atoms with E-state index in [0.29, 0.717) is 0 Å². The smallest absolute Gasteiger partial charge is 0.234 e. The van der Waals surface area contributed by atoms with Gasteiger partial charge in [-0.2, -0.15) is 0 Å². The topological polar surface area (TPSA) is 55.1 Å². The van der Waals surface area contributed by atoms with E-state index in [1.165, 1.54) is 12.1 Å². The Morgan fingerprint density at radius 3 is 2.67 bits per heavy atom. The maximum atomic E-state index is 12.9. The molecule has 0 bridgehead atoms. The molecule has 1 rings (SSSR count). The normalized spacial score (nSPS) is 14.6. The number of hydrogen-bond acceptors (Lipinski definition) is 2. The molecule has 0 aromatic heterocycles. The fourth-order valence-corrected chi connectivity index (χ4v) is 1.33. The zero-order valence-corrected chi connectivity index (χ0v) is 8.83. The molecular weight excluding hydrogens is 195 g/mol. The number of nitrogens with two attached hydrogens (primary N) is 1. The molecule has 3 N–H and O–H groups in total. The minimum atomic E-state index is -0.428. The molecular formula is C11H15FN2O. The van der Waals surface area contributed by atoms with Crippen molar-refractivity contribution in [1.82, 2.24) is 5.32 Å². The van der Waals surface area contributed by atoms with E-state index in [-0.39, 0.29) is 11.9 Å². The second kappa shape index (κ2) is 4.89. The second-order valence-electron chi connectivity index (χ2n) is 3.57. The van der Waals surface area contributed by atoms with Crippen LogP contribution in [0, 0.1) is 5.82 Å². The van der Waals surface area contributed by atoms with Crippen LogP contribution in [0.15, 0.2) is 24.3 Å². The highest BCUT2D eigenvalue weighted by atomic mass is 19.1. The molecule has 0 saturated carbocycles. The van der Waals surface area contributed by atoms with Gasteiger partial charge in [0.15, 0.2) is 0 Å². The van der Waals surface area contributed by atoms with E-state index < -0.39 is 11.9 Å². The first-order valence-electron chi connectivity index (χ1n) is 4.81. The number of benzene rings is 1. The van der Waals surface area contributed by atoms with Crippen LogP contribution in [-0.2, 0) is 4.79 Å². The van der Waals surface area contributed by atoms with Gasteiger partial charge in [-0.25, -0.2) is 4.39 Å². The van der Waals surface area contributed by atoms with Crippen LogP contribution in [0.5, 0.6) is 0 Å². The van der Waals surface area contributed by atoms with Gasteiger partial charge >= 0.3 is 0 Å². The number of nitrogens with one attached hydrogen (secondary N) is 1. The van der Waals surface area contributed by atoms with Crippen molar-refractivity contribution in [2.75, 3.05) is 0 Å². The Hall–Kier alpha value is -1.42. The highest BCUT2D eigenvalue weighted by molar-refractivity contribution is 5.79. The van der Waals surface area contributed by atoms with E-state index >= 15 is 0 Å². The molecule has 0 aliphatic heterocycles. The summed E-state index contributed by atoms with van der Waals surface area (Å²) >= 11 is 0. The predicted octanol–water partition coefficient (Wildman–Crippen LogP) is 1.35. The van der Waals surface area contributed by atoms with Crippen molar-refractivity contribution in [3.63, 3.8) is 0 Å². The van der Waals surface area contributed by atoms with Crippen LogP contribution >= 0.6 is 0 Å². The van der Waals surface area contributed by atoms with Crippen molar-refractivity contribution in [3.05, 3.63) is 35.6 Å². The molecule has 0 fully saturated rings. The SMILES string of the molecule is C[C@H](N[C@@H](C)c1cccc(F)c1)C(N)=O. The molecule has 0 unspecified atom stereocenters. The fraction of sp³-hybridized carbons (Fsp3) is 0.364. The molecule has 82 valence electrons. The lowest BCUT2D eigenvalue weighted by atomic mass is 10.1. The third-order valence-electron chi connectivity index (χ3n) is 2.28.